The van der Waals surface area contributed by atoms with E-state index in [-0.39, 0.29) is 5.97 Å². The van der Waals surface area contributed by atoms with E-state index in [1.807, 2.05) is 19.9 Å². The Morgan fingerprint density at radius 2 is 1.81 bits per heavy atom. The van der Waals surface area contributed by atoms with E-state index in [4.69, 9.17) is 4.74 Å². The third-order valence-electron chi connectivity index (χ3n) is 7.62. The molecule has 0 saturated heterocycles. The highest BCUT2D eigenvalue weighted by atomic mass is 16.6. The molecule has 5 rings (SSSR count). The molecule has 4 fully saturated rings. The normalized spacial score (nSPS) is 35.3. The molecular formula is C24H32O2. The first-order valence-corrected chi connectivity index (χ1v) is 10.4. The van der Waals surface area contributed by atoms with Gasteiger partial charge in [-0.05, 0) is 81.4 Å². The Morgan fingerprint density at radius 1 is 1.19 bits per heavy atom. The van der Waals surface area contributed by atoms with Gasteiger partial charge in [-0.3, -0.25) is 4.79 Å². The summed E-state index contributed by atoms with van der Waals surface area (Å²) in [6.07, 6.45) is 8.94. The van der Waals surface area contributed by atoms with Crippen LogP contribution in [0, 0.1) is 29.1 Å². The van der Waals surface area contributed by atoms with Gasteiger partial charge in [-0.1, -0.05) is 37.8 Å². The Morgan fingerprint density at radius 3 is 2.35 bits per heavy atom. The van der Waals surface area contributed by atoms with Gasteiger partial charge >= 0.3 is 5.97 Å². The van der Waals surface area contributed by atoms with Crippen LogP contribution in [0.4, 0.5) is 0 Å². The summed E-state index contributed by atoms with van der Waals surface area (Å²) in [5, 5.41) is 0. The molecule has 4 bridgehead atoms. The molecule has 140 valence electrons. The van der Waals surface area contributed by atoms with Gasteiger partial charge in [-0.25, -0.2) is 0 Å². The van der Waals surface area contributed by atoms with Crippen LogP contribution in [0.2, 0.25) is 0 Å². The minimum atomic E-state index is -0.435. The fourth-order valence-corrected chi connectivity index (χ4v) is 5.93. The zero-order valence-electron chi connectivity index (χ0n) is 16.5. The molecule has 0 aliphatic heterocycles. The molecule has 2 heteroatoms. The molecule has 4 saturated carbocycles. The highest BCUT2D eigenvalue weighted by Gasteiger charge is 2.61. The summed E-state index contributed by atoms with van der Waals surface area (Å²) >= 11 is 0. The fourth-order valence-electron chi connectivity index (χ4n) is 5.93. The number of esters is 1. The SMILES string of the molecule is C=Cc1cccc(C2(OC(=O)C(C)(C)CC)C3CC4CC(C3)CC2C4)c1. The lowest BCUT2D eigenvalue weighted by molar-refractivity contribution is -0.222. The molecular weight excluding hydrogens is 320 g/mol. The number of hydrogen-bond donors (Lipinski definition) is 0. The first kappa shape index (κ1) is 17.8. The van der Waals surface area contributed by atoms with Crippen LogP contribution in [0.1, 0.15) is 70.4 Å². The van der Waals surface area contributed by atoms with Gasteiger partial charge < -0.3 is 4.74 Å². The lowest BCUT2D eigenvalue weighted by Gasteiger charge is -2.60. The molecule has 0 heterocycles. The molecule has 0 unspecified atom stereocenters. The summed E-state index contributed by atoms with van der Waals surface area (Å²) in [5.74, 6) is 2.58. The number of ether oxygens (including phenoxy) is 1. The Bertz CT molecular complexity index is 687. The van der Waals surface area contributed by atoms with Crippen molar-refractivity contribution in [3.63, 3.8) is 0 Å². The maximum absolute atomic E-state index is 13.2. The van der Waals surface area contributed by atoms with Crippen molar-refractivity contribution in [3.8, 4) is 0 Å². The zero-order chi connectivity index (χ0) is 18.5. The van der Waals surface area contributed by atoms with E-state index >= 15 is 0 Å². The summed E-state index contributed by atoms with van der Waals surface area (Å²) in [7, 11) is 0. The molecule has 0 N–H and O–H groups in total. The average molecular weight is 353 g/mol. The summed E-state index contributed by atoms with van der Waals surface area (Å²) < 4.78 is 6.58. The largest absolute Gasteiger partial charge is 0.453 e. The Balaban J connectivity index is 1.79. The van der Waals surface area contributed by atoms with Gasteiger partial charge in [0.1, 0.15) is 5.60 Å². The number of rotatable bonds is 5. The molecule has 26 heavy (non-hydrogen) atoms. The standard InChI is InChI=1S/C24H32O2/c1-5-16-8-7-9-19(11-16)24(26-22(25)23(3,4)6-2)20-12-17-10-18(14-20)15-21(24)13-17/h5,7-9,11,17-18,20-21H,1,6,10,12-15H2,2-4H3. The van der Waals surface area contributed by atoms with E-state index in [2.05, 4.69) is 37.8 Å². The molecule has 4 aliphatic carbocycles. The molecule has 0 radical (unpaired) electrons. The predicted molar refractivity (Wildman–Crippen MR) is 105 cm³/mol. The quantitative estimate of drug-likeness (QED) is 0.611. The summed E-state index contributed by atoms with van der Waals surface area (Å²) in [6, 6.07) is 8.57. The van der Waals surface area contributed by atoms with Gasteiger partial charge in [-0.2, -0.15) is 0 Å². The Hall–Kier alpha value is -1.57. The van der Waals surface area contributed by atoms with Gasteiger partial charge in [0.05, 0.1) is 5.41 Å². The molecule has 4 aliphatic rings. The summed E-state index contributed by atoms with van der Waals surface area (Å²) in [5.41, 5.74) is 1.44. The van der Waals surface area contributed by atoms with Crippen LogP contribution in [0.5, 0.6) is 0 Å². The highest BCUT2D eigenvalue weighted by molar-refractivity contribution is 5.76. The monoisotopic (exact) mass is 352 g/mol. The van der Waals surface area contributed by atoms with Crippen LogP contribution in [0.3, 0.4) is 0 Å². The molecule has 0 aromatic heterocycles. The average Bonchev–Trinajstić information content (AvgIpc) is 2.64. The second-order valence-electron chi connectivity index (χ2n) is 9.55. The molecule has 1 aromatic carbocycles. The van der Waals surface area contributed by atoms with E-state index in [1.54, 1.807) is 0 Å². The lowest BCUT2D eigenvalue weighted by atomic mass is 9.48. The van der Waals surface area contributed by atoms with Crippen LogP contribution >= 0.6 is 0 Å². The van der Waals surface area contributed by atoms with Gasteiger partial charge in [-0.15, -0.1) is 0 Å². The Labute approximate surface area is 158 Å². The van der Waals surface area contributed by atoms with Crippen molar-refractivity contribution in [2.75, 3.05) is 0 Å². The maximum atomic E-state index is 13.2. The zero-order valence-corrected chi connectivity index (χ0v) is 16.5. The van der Waals surface area contributed by atoms with Crippen molar-refractivity contribution in [3.05, 3.63) is 42.0 Å². The topological polar surface area (TPSA) is 26.3 Å². The highest BCUT2D eigenvalue weighted by Crippen LogP contribution is 2.63. The van der Waals surface area contributed by atoms with Gasteiger partial charge in [0.15, 0.2) is 0 Å². The molecule has 0 spiro atoms. The first-order valence-electron chi connectivity index (χ1n) is 10.4. The third-order valence-corrected chi connectivity index (χ3v) is 7.62. The van der Waals surface area contributed by atoms with Crippen LogP contribution in [-0.4, -0.2) is 5.97 Å². The van der Waals surface area contributed by atoms with E-state index in [1.165, 1.54) is 37.7 Å². The first-order chi connectivity index (χ1) is 12.4. The molecule has 0 amide bonds. The van der Waals surface area contributed by atoms with E-state index in [0.29, 0.717) is 11.8 Å². The van der Waals surface area contributed by atoms with Crippen molar-refractivity contribution < 1.29 is 9.53 Å². The second kappa shape index (κ2) is 6.25. The maximum Gasteiger partial charge on any atom is 0.312 e. The van der Waals surface area contributed by atoms with Gasteiger partial charge in [0.25, 0.3) is 0 Å². The lowest BCUT2D eigenvalue weighted by Crippen LogP contribution is -2.58. The van der Waals surface area contributed by atoms with E-state index < -0.39 is 11.0 Å². The summed E-state index contributed by atoms with van der Waals surface area (Å²) in [6.45, 7) is 10.0. The number of benzene rings is 1. The second-order valence-corrected chi connectivity index (χ2v) is 9.55. The summed E-state index contributed by atoms with van der Waals surface area (Å²) in [4.78, 5) is 13.2. The minimum Gasteiger partial charge on any atom is -0.453 e. The Kier molecular flexibility index (Phi) is 4.28. The molecule has 1 aromatic rings. The van der Waals surface area contributed by atoms with Crippen LogP contribution < -0.4 is 0 Å². The van der Waals surface area contributed by atoms with E-state index in [9.17, 15) is 4.79 Å². The number of carbonyl (C=O) groups excluding carboxylic acids is 1. The van der Waals surface area contributed by atoms with Gasteiger partial charge in [0, 0.05) is 11.8 Å². The van der Waals surface area contributed by atoms with Crippen LogP contribution in [0.15, 0.2) is 30.8 Å². The number of hydrogen-bond acceptors (Lipinski definition) is 2. The third kappa shape index (κ3) is 2.64. The minimum absolute atomic E-state index is 0.0310. The smallest absolute Gasteiger partial charge is 0.312 e. The molecule has 2 nitrogen and oxygen atoms in total. The number of carbonyl (C=O) groups is 1. The predicted octanol–water partition coefficient (Wildman–Crippen LogP) is 5.96. The van der Waals surface area contributed by atoms with Crippen molar-refractivity contribution in [2.24, 2.45) is 29.1 Å². The van der Waals surface area contributed by atoms with Crippen molar-refractivity contribution in [1.82, 2.24) is 0 Å². The van der Waals surface area contributed by atoms with Crippen LogP contribution in [-0.2, 0) is 15.1 Å². The van der Waals surface area contributed by atoms with Crippen molar-refractivity contribution >= 4 is 12.0 Å². The van der Waals surface area contributed by atoms with E-state index in [0.717, 1.165) is 23.8 Å². The van der Waals surface area contributed by atoms with Crippen LogP contribution in [0.25, 0.3) is 6.08 Å². The van der Waals surface area contributed by atoms with Crippen molar-refractivity contribution in [2.45, 2.75) is 64.9 Å². The van der Waals surface area contributed by atoms with Crippen molar-refractivity contribution in [1.29, 1.82) is 0 Å². The van der Waals surface area contributed by atoms with Gasteiger partial charge in [0.2, 0.25) is 0 Å². The molecule has 0 atom stereocenters. The fraction of sp³-hybridized carbons (Fsp3) is 0.625.